The quantitative estimate of drug-likeness (QED) is 0.901. The molecule has 0 saturated carbocycles. The third-order valence-corrected chi connectivity index (χ3v) is 3.31. The van der Waals surface area contributed by atoms with Crippen LogP contribution in [0.5, 0.6) is 5.75 Å². The van der Waals surface area contributed by atoms with E-state index in [1.807, 2.05) is 0 Å². The second-order valence-corrected chi connectivity index (χ2v) is 5.36. The smallest absolute Gasteiger partial charge is 0.344 e. The first-order valence-electron chi connectivity index (χ1n) is 7.02. The maximum atomic E-state index is 13.5. The van der Waals surface area contributed by atoms with Gasteiger partial charge in [0, 0.05) is 13.1 Å². The lowest BCUT2D eigenvalue weighted by molar-refractivity contribution is -0.144. The molecule has 0 radical (unpaired) electrons. The number of halogens is 2. The normalized spacial score (nSPS) is 20.1. The average molecular weight is 315 g/mol. The lowest BCUT2D eigenvalue weighted by atomic mass is 10.2. The van der Waals surface area contributed by atoms with Gasteiger partial charge in [-0.2, -0.15) is 0 Å². The summed E-state index contributed by atoms with van der Waals surface area (Å²) in [5.74, 6) is -3.45. The van der Waals surface area contributed by atoms with E-state index in [0.717, 1.165) is 5.56 Å². The Bertz CT molecular complexity index is 507. The highest BCUT2D eigenvalue weighted by molar-refractivity contribution is 5.72. The molecule has 2 rings (SSSR count). The van der Waals surface area contributed by atoms with E-state index in [9.17, 15) is 13.6 Å². The second kappa shape index (κ2) is 7.02. The zero-order valence-electron chi connectivity index (χ0n) is 12.3. The second-order valence-electron chi connectivity index (χ2n) is 5.36. The fourth-order valence-corrected chi connectivity index (χ4v) is 2.19. The number of carboxylic acids is 1. The van der Waals surface area contributed by atoms with Crippen molar-refractivity contribution in [3.63, 3.8) is 0 Å². The summed E-state index contributed by atoms with van der Waals surface area (Å²) in [5, 5.41) is 8.78. The van der Waals surface area contributed by atoms with Crippen molar-refractivity contribution in [3.8, 4) is 5.75 Å². The molecule has 0 bridgehead atoms. The topological polar surface area (TPSA) is 59.0 Å². The first-order valence-corrected chi connectivity index (χ1v) is 7.02. The number of nitrogens with zero attached hydrogens (tertiary/aromatic N) is 1. The molecule has 22 heavy (non-hydrogen) atoms. The predicted octanol–water partition coefficient (Wildman–Crippen LogP) is 2.01. The molecule has 0 aliphatic carbocycles. The van der Waals surface area contributed by atoms with Crippen LogP contribution in [0.1, 0.15) is 12.5 Å². The molecular formula is C15H19F2NO4. The highest BCUT2D eigenvalue weighted by Crippen LogP contribution is 2.21. The molecule has 5 nitrogen and oxygen atoms in total. The van der Waals surface area contributed by atoms with Gasteiger partial charge < -0.3 is 14.6 Å². The standard InChI is InChI=1S/C15H19F2NO4/c1-11(14(19)20)22-13-4-2-12(3-5-13)8-18-6-7-21-10-15(16,17)9-18/h2-5,11H,6-10H2,1H3,(H,19,20). The van der Waals surface area contributed by atoms with Gasteiger partial charge in [-0.3, -0.25) is 4.90 Å². The third-order valence-electron chi connectivity index (χ3n) is 3.31. The van der Waals surface area contributed by atoms with Gasteiger partial charge in [-0.15, -0.1) is 0 Å². The van der Waals surface area contributed by atoms with Crippen molar-refractivity contribution < 1.29 is 28.2 Å². The Morgan fingerprint density at radius 1 is 1.45 bits per heavy atom. The molecule has 0 spiro atoms. The number of alkyl halides is 2. The van der Waals surface area contributed by atoms with E-state index < -0.39 is 24.6 Å². The number of benzene rings is 1. The van der Waals surface area contributed by atoms with Crippen molar-refractivity contribution in [2.24, 2.45) is 0 Å². The molecule has 1 saturated heterocycles. The van der Waals surface area contributed by atoms with E-state index in [2.05, 4.69) is 0 Å². The first kappa shape index (κ1) is 16.6. The van der Waals surface area contributed by atoms with Crippen LogP contribution in [-0.2, 0) is 16.1 Å². The van der Waals surface area contributed by atoms with Crippen LogP contribution in [-0.4, -0.2) is 54.3 Å². The van der Waals surface area contributed by atoms with Gasteiger partial charge in [0.05, 0.1) is 13.2 Å². The Kier molecular flexibility index (Phi) is 5.31. The van der Waals surface area contributed by atoms with E-state index >= 15 is 0 Å². The molecule has 1 aliphatic rings. The number of carboxylic acid groups (broad SMARTS) is 1. The number of carbonyl (C=O) groups is 1. The van der Waals surface area contributed by atoms with Crippen molar-refractivity contribution in [1.29, 1.82) is 0 Å². The Balaban J connectivity index is 1.94. The third kappa shape index (κ3) is 4.92. The molecule has 0 amide bonds. The highest BCUT2D eigenvalue weighted by Gasteiger charge is 2.34. The molecule has 1 unspecified atom stereocenters. The van der Waals surface area contributed by atoms with E-state index in [4.69, 9.17) is 14.6 Å². The number of rotatable bonds is 5. The van der Waals surface area contributed by atoms with Crippen molar-refractivity contribution in [3.05, 3.63) is 29.8 Å². The van der Waals surface area contributed by atoms with E-state index in [-0.39, 0.29) is 13.2 Å². The molecule has 1 heterocycles. The number of hydrogen-bond acceptors (Lipinski definition) is 4. The zero-order valence-corrected chi connectivity index (χ0v) is 12.3. The van der Waals surface area contributed by atoms with Crippen LogP contribution < -0.4 is 4.74 Å². The summed E-state index contributed by atoms with van der Waals surface area (Å²) in [6.45, 7) is 1.69. The Morgan fingerprint density at radius 2 is 2.14 bits per heavy atom. The molecule has 1 fully saturated rings. The molecule has 1 aliphatic heterocycles. The summed E-state index contributed by atoms with van der Waals surface area (Å²) < 4.78 is 37.0. The molecule has 7 heteroatoms. The first-order chi connectivity index (χ1) is 10.4. The fourth-order valence-electron chi connectivity index (χ4n) is 2.19. The highest BCUT2D eigenvalue weighted by atomic mass is 19.3. The van der Waals surface area contributed by atoms with Gasteiger partial charge in [-0.25, -0.2) is 13.6 Å². The SMILES string of the molecule is CC(Oc1ccc(CN2CCOCC(F)(F)C2)cc1)C(=O)O. The Hall–Kier alpha value is -1.73. The molecule has 122 valence electrons. The van der Waals surface area contributed by atoms with Gasteiger partial charge in [0.15, 0.2) is 6.10 Å². The zero-order chi connectivity index (χ0) is 16.2. The van der Waals surface area contributed by atoms with Crippen molar-refractivity contribution in [2.75, 3.05) is 26.3 Å². The minimum atomic E-state index is -2.84. The van der Waals surface area contributed by atoms with E-state index in [0.29, 0.717) is 18.8 Å². The van der Waals surface area contributed by atoms with Gasteiger partial charge in [0.2, 0.25) is 0 Å². The van der Waals surface area contributed by atoms with Crippen molar-refractivity contribution >= 4 is 5.97 Å². The lowest BCUT2D eigenvalue weighted by Crippen LogP contribution is -2.36. The number of hydrogen-bond donors (Lipinski definition) is 1. The molecular weight excluding hydrogens is 296 g/mol. The van der Waals surface area contributed by atoms with Crippen LogP contribution in [0.3, 0.4) is 0 Å². The van der Waals surface area contributed by atoms with Crippen molar-refractivity contribution in [1.82, 2.24) is 4.90 Å². The largest absolute Gasteiger partial charge is 0.479 e. The maximum absolute atomic E-state index is 13.5. The van der Waals surface area contributed by atoms with Crippen LogP contribution in [0.2, 0.25) is 0 Å². The average Bonchev–Trinajstić information content (AvgIpc) is 2.61. The van der Waals surface area contributed by atoms with Gasteiger partial charge in [0.25, 0.3) is 5.92 Å². The molecule has 0 aromatic heterocycles. The number of ether oxygens (including phenoxy) is 2. The Morgan fingerprint density at radius 3 is 2.77 bits per heavy atom. The van der Waals surface area contributed by atoms with E-state index in [1.54, 1.807) is 29.2 Å². The minimum Gasteiger partial charge on any atom is -0.479 e. The predicted molar refractivity (Wildman–Crippen MR) is 75.2 cm³/mol. The molecule has 1 atom stereocenters. The molecule has 1 N–H and O–H groups in total. The lowest BCUT2D eigenvalue weighted by Gasteiger charge is -2.23. The summed E-state index contributed by atoms with van der Waals surface area (Å²) in [6, 6.07) is 6.77. The summed E-state index contributed by atoms with van der Waals surface area (Å²) in [4.78, 5) is 12.4. The van der Waals surface area contributed by atoms with Crippen molar-refractivity contribution in [2.45, 2.75) is 25.5 Å². The molecule has 1 aromatic rings. The summed E-state index contributed by atoms with van der Waals surface area (Å²) in [7, 11) is 0. The van der Waals surface area contributed by atoms with Gasteiger partial charge >= 0.3 is 5.97 Å². The van der Waals surface area contributed by atoms with Crippen LogP contribution in [0, 0.1) is 0 Å². The van der Waals surface area contributed by atoms with Crippen LogP contribution in [0.25, 0.3) is 0 Å². The molecule has 1 aromatic carbocycles. The van der Waals surface area contributed by atoms with Gasteiger partial charge in [-0.05, 0) is 24.6 Å². The van der Waals surface area contributed by atoms with Crippen LogP contribution in [0.4, 0.5) is 8.78 Å². The van der Waals surface area contributed by atoms with Crippen LogP contribution >= 0.6 is 0 Å². The van der Waals surface area contributed by atoms with Gasteiger partial charge in [0.1, 0.15) is 12.4 Å². The Labute approximate surface area is 127 Å². The van der Waals surface area contributed by atoms with E-state index in [1.165, 1.54) is 6.92 Å². The summed E-state index contributed by atoms with van der Waals surface area (Å²) in [5.41, 5.74) is 0.855. The van der Waals surface area contributed by atoms with Crippen LogP contribution in [0.15, 0.2) is 24.3 Å². The fraction of sp³-hybridized carbons (Fsp3) is 0.533. The minimum absolute atomic E-state index is 0.285. The maximum Gasteiger partial charge on any atom is 0.344 e. The monoisotopic (exact) mass is 315 g/mol. The summed E-state index contributed by atoms with van der Waals surface area (Å²) >= 11 is 0. The summed E-state index contributed by atoms with van der Waals surface area (Å²) in [6.07, 6.45) is -0.938. The van der Waals surface area contributed by atoms with Gasteiger partial charge in [-0.1, -0.05) is 12.1 Å². The number of aliphatic carboxylic acids is 1.